The van der Waals surface area contributed by atoms with Crippen LogP contribution in [-0.2, 0) is 11.3 Å². The Morgan fingerprint density at radius 2 is 1.89 bits per heavy atom. The van der Waals surface area contributed by atoms with Crippen LogP contribution < -0.4 is 16.4 Å². The number of nitrogens with two attached hydrogens (primary N) is 1. The number of rotatable bonds is 4. The first-order valence-corrected chi connectivity index (χ1v) is 6.08. The number of carbonyl (C=O) groups excluding carboxylic acids is 2. The Morgan fingerprint density at radius 1 is 1.22 bits per heavy atom. The lowest BCUT2D eigenvalue weighted by Crippen LogP contribution is -2.33. The predicted octanol–water partition coefficient (Wildman–Crippen LogP) is 1.59. The average molecular weight is 247 g/mol. The topological polar surface area (TPSA) is 84.2 Å². The molecule has 1 aliphatic carbocycles. The molecule has 5 nitrogen and oxygen atoms in total. The number of primary amides is 1. The third-order valence-electron chi connectivity index (χ3n) is 3.16. The molecule has 1 aliphatic rings. The summed E-state index contributed by atoms with van der Waals surface area (Å²) in [5.74, 6) is 0.349. The van der Waals surface area contributed by atoms with E-state index in [1.165, 1.54) is 0 Å². The van der Waals surface area contributed by atoms with Crippen molar-refractivity contribution >= 4 is 17.6 Å². The van der Waals surface area contributed by atoms with Crippen LogP contribution in [0.15, 0.2) is 24.3 Å². The van der Waals surface area contributed by atoms with Crippen LogP contribution in [0.2, 0.25) is 0 Å². The highest BCUT2D eigenvalue weighted by atomic mass is 16.2. The van der Waals surface area contributed by atoms with Gasteiger partial charge in [-0.05, 0) is 30.5 Å². The number of anilines is 1. The highest BCUT2D eigenvalue weighted by molar-refractivity contribution is 5.87. The SMILES string of the molecule is NC(=O)Nc1ccc(CNC(=O)C2CCC2)cc1. The molecule has 0 heterocycles. The fraction of sp³-hybridized carbons (Fsp3) is 0.385. The van der Waals surface area contributed by atoms with Gasteiger partial charge >= 0.3 is 6.03 Å². The maximum absolute atomic E-state index is 11.6. The highest BCUT2D eigenvalue weighted by Gasteiger charge is 2.24. The van der Waals surface area contributed by atoms with Gasteiger partial charge in [0.05, 0.1) is 0 Å². The van der Waals surface area contributed by atoms with Crippen LogP contribution in [0.3, 0.4) is 0 Å². The van der Waals surface area contributed by atoms with E-state index in [1.54, 1.807) is 12.1 Å². The summed E-state index contributed by atoms with van der Waals surface area (Å²) in [5, 5.41) is 5.40. The number of amides is 3. The summed E-state index contributed by atoms with van der Waals surface area (Å²) in [6.45, 7) is 0.520. The molecule has 1 aromatic carbocycles. The van der Waals surface area contributed by atoms with E-state index in [9.17, 15) is 9.59 Å². The van der Waals surface area contributed by atoms with Gasteiger partial charge in [0.25, 0.3) is 0 Å². The van der Waals surface area contributed by atoms with Crippen LogP contribution in [0, 0.1) is 5.92 Å². The zero-order valence-electron chi connectivity index (χ0n) is 10.1. The van der Waals surface area contributed by atoms with Gasteiger partial charge in [0, 0.05) is 18.2 Å². The fourth-order valence-electron chi connectivity index (χ4n) is 1.85. The molecule has 0 bridgehead atoms. The minimum absolute atomic E-state index is 0.139. The van der Waals surface area contributed by atoms with Crippen LogP contribution in [0.25, 0.3) is 0 Å². The number of benzene rings is 1. The van der Waals surface area contributed by atoms with Crippen LogP contribution in [0.5, 0.6) is 0 Å². The van der Waals surface area contributed by atoms with E-state index in [4.69, 9.17) is 5.73 Å². The summed E-state index contributed by atoms with van der Waals surface area (Å²) in [7, 11) is 0. The number of urea groups is 1. The average Bonchev–Trinajstić information content (AvgIpc) is 2.25. The van der Waals surface area contributed by atoms with Gasteiger partial charge in [-0.1, -0.05) is 18.6 Å². The molecule has 4 N–H and O–H groups in total. The molecule has 1 saturated carbocycles. The maximum Gasteiger partial charge on any atom is 0.316 e. The van der Waals surface area contributed by atoms with E-state index in [0.29, 0.717) is 12.2 Å². The van der Waals surface area contributed by atoms with Crippen molar-refractivity contribution in [2.75, 3.05) is 5.32 Å². The van der Waals surface area contributed by atoms with Crippen molar-refractivity contribution in [2.24, 2.45) is 11.7 Å². The summed E-state index contributed by atoms with van der Waals surface area (Å²) >= 11 is 0. The first-order chi connectivity index (χ1) is 8.65. The summed E-state index contributed by atoms with van der Waals surface area (Å²) in [4.78, 5) is 22.3. The molecule has 0 aliphatic heterocycles. The van der Waals surface area contributed by atoms with Crippen molar-refractivity contribution in [3.05, 3.63) is 29.8 Å². The Balaban J connectivity index is 1.82. The van der Waals surface area contributed by atoms with Crippen LogP contribution in [-0.4, -0.2) is 11.9 Å². The number of hydrogen-bond donors (Lipinski definition) is 3. The Bertz CT molecular complexity index is 438. The molecule has 0 atom stereocenters. The largest absolute Gasteiger partial charge is 0.352 e. The van der Waals surface area contributed by atoms with Gasteiger partial charge in [0.15, 0.2) is 0 Å². The zero-order chi connectivity index (χ0) is 13.0. The minimum Gasteiger partial charge on any atom is -0.352 e. The van der Waals surface area contributed by atoms with Crippen molar-refractivity contribution < 1.29 is 9.59 Å². The molecular formula is C13H17N3O2. The normalized spacial score (nSPS) is 14.7. The quantitative estimate of drug-likeness (QED) is 0.755. The zero-order valence-corrected chi connectivity index (χ0v) is 10.1. The summed E-state index contributed by atoms with van der Waals surface area (Å²) in [5.41, 5.74) is 6.66. The second-order valence-electron chi connectivity index (χ2n) is 4.53. The van der Waals surface area contributed by atoms with E-state index in [-0.39, 0.29) is 11.8 Å². The van der Waals surface area contributed by atoms with Gasteiger partial charge in [-0.15, -0.1) is 0 Å². The van der Waals surface area contributed by atoms with E-state index >= 15 is 0 Å². The molecule has 5 heteroatoms. The lowest BCUT2D eigenvalue weighted by molar-refractivity contribution is -0.127. The molecule has 96 valence electrons. The first-order valence-electron chi connectivity index (χ1n) is 6.08. The molecule has 0 radical (unpaired) electrons. The summed E-state index contributed by atoms with van der Waals surface area (Å²) < 4.78 is 0. The van der Waals surface area contributed by atoms with Crippen molar-refractivity contribution in [3.63, 3.8) is 0 Å². The van der Waals surface area contributed by atoms with E-state index < -0.39 is 6.03 Å². The van der Waals surface area contributed by atoms with Crippen molar-refractivity contribution in [1.82, 2.24) is 5.32 Å². The van der Waals surface area contributed by atoms with Gasteiger partial charge in [-0.25, -0.2) is 4.79 Å². The van der Waals surface area contributed by atoms with Crippen LogP contribution in [0.1, 0.15) is 24.8 Å². The summed E-state index contributed by atoms with van der Waals surface area (Å²) in [6.07, 6.45) is 3.17. The molecule has 0 spiro atoms. The maximum atomic E-state index is 11.6. The van der Waals surface area contributed by atoms with E-state index in [1.807, 2.05) is 12.1 Å². The Labute approximate surface area is 106 Å². The Morgan fingerprint density at radius 3 is 2.39 bits per heavy atom. The molecule has 3 amide bonds. The number of hydrogen-bond acceptors (Lipinski definition) is 2. The number of carbonyl (C=O) groups is 2. The summed E-state index contributed by atoms with van der Waals surface area (Å²) in [6, 6.07) is 6.64. The van der Waals surface area contributed by atoms with Crippen molar-refractivity contribution in [3.8, 4) is 0 Å². The van der Waals surface area contributed by atoms with Crippen molar-refractivity contribution in [2.45, 2.75) is 25.8 Å². The molecule has 1 aromatic rings. The predicted molar refractivity (Wildman–Crippen MR) is 68.8 cm³/mol. The lowest BCUT2D eigenvalue weighted by Gasteiger charge is -2.24. The lowest BCUT2D eigenvalue weighted by atomic mass is 9.85. The third-order valence-corrected chi connectivity index (χ3v) is 3.16. The molecule has 0 saturated heterocycles. The Kier molecular flexibility index (Phi) is 3.82. The van der Waals surface area contributed by atoms with E-state index in [0.717, 1.165) is 24.8 Å². The first kappa shape index (κ1) is 12.4. The van der Waals surface area contributed by atoms with Gasteiger partial charge in [-0.3, -0.25) is 4.79 Å². The van der Waals surface area contributed by atoms with Gasteiger partial charge in [0.2, 0.25) is 5.91 Å². The van der Waals surface area contributed by atoms with Crippen LogP contribution in [0.4, 0.5) is 10.5 Å². The van der Waals surface area contributed by atoms with E-state index in [2.05, 4.69) is 10.6 Å². The smallest absolute Gasteiger partial charge is 0.316 e. The number of nitrogens with one attached hydrogen (secondary N) is 2. The second kappa shape index (κ2) is 5.53. The van der Waals surface area contributed by atoms with Gasteiger partial charge in [-0.2, -0.15) is 0 Å². The molecule has 2 rings (SSSR count). The monoisotopic (exact) mass is 247 g/mol. The highest BCUT2D eigenvalue weighted by Crippen LogP contribution is 2.26. The second-order valence-corrected chi connectivity index (χ2v) is 4.53. The molecule has 0 aromatic heterocycles. The van der Waals surface area contributed by atoms with Crippen LogP contribution >= 0.6 is 0 Å². The Hall–Kier alpha value is -2.04. The van der Waals surface area contributed by atoms with Gasteiger partial charge in [0.1, 0.15) is 0 Å². The molecule has 1 fully saturated rings. The fourth-order valence-corrected chi connectivity index (χ4v) is 1.85. The third kappa shape index (κ3) is 3.23. The van der Waals surface area contributed by atoms with Crippen molar-refractivity contribution in [1.29, 1.82) is 0 Å². The standard InChI is InChI=1S/C13H17N3O2/c14-13(18)16-11-6-4-9(5-7-11)8-15-12(17)10-2-1-3-10/h4-7,10H,1-3,8H2,(H,15,17)(H3,14,16,18). The molecule has 18 heavy (non-hydrogen) atoms. The molecular weight excluding hydrogens is 230 g/mol. The molecule has 0 unspecified atom stereocenters. The minimum atomic E-state index is -0.582. The van der Waals surface area contributed by atoms with Gasteiger partial charge < -0.3 is 16.4 Å².